The second-order valence-electron chi connectivity index (χ2n) is 5.02. The van der Waals surface area contributed by atoms with E-state index in [0.717, 1.165) is 11.1 Å². The molecule has 1 heterocycles. The summed E-state index contributed by atoms with van der Waals surface area (Å²) >= 11 is 0. The fraction of sp³-hybridized carbons (Fsp3) is 0.176. The normalized spacial score (nSPS) is 17.4. The van der Waals surface area contributed by atoms with Crippen molar-refractivity contribution in [1.82, 2.24) is 5.43 Å². The van der Waals surface area contributed by atoms with E-state index in [4.69, 9.17) is 0 Å². The lowest BCUT2D eigenvalue weighted by atomic mass is 9.90. The smallest absolute Gasteiger partial charge is 0.209 e. The molecule has 0 radical (unpaired) electrons. The van der Waals surface area contributed by atoms with Crippen LogP contribution in [0.5, 0.6) is 0 Å². The van der Waals surface area contributed by atoms with Crippen LogP contribution in [0.25, 0.3) is 0 Å². The van der Waals surface area contributed by atoms with E-state index in [-0.39, 0.29) is 11.7 Å². The van der Waals surface area contributed by atoms with Gasteiger partial charge in [-0.05, 0) is 12.5 Å². The molecule has 3 heteroatoms. The van der Waals surface area contributed by atoms with Gasteiger partial charge in [-0.25, -0.2) is 0 Å². The Balaban J connectivity index is 1.89. The van der Waals surface area contributed by atoms with E-state index in [1.54, 1.807) is 0 Å². The Morgan fingerprint density at radius 3 is 2.50 bits per heavy atom. The molecule has 0 bridgehead atoms. The zero-order chi connectivity index (χ0) is 13.9. The Morgan fingerprint density at radius 1 is 1.10 bits per heavy atom. The Morgan fingerprint density at radius 2 is 1.80 bits per heavy atom. The number of rotatable bonds is 3. The number of ketones is 1. The number of aryl methyl sites for hydroxylation is 1. The number of carbonyl (C=O) groups excluding carboxylic acids is 1. The zero-order valence-electron chi connectivity index (χ0n) is 11.3. The summed E-state index contributed by atoms with van der Waals surface area (Å²) < 4.78 is 0. The average Bonchev–Trinajstić information content (AvgIpc) is 2.97. The highest BCUT2D eigenvalue weighted by atomic mass is 16.1. The molecule has 100 valence electrons. The fourth-order valence-corrected chi connectivity index (χ4v) is 2.42. The minimum absolute atomic E-state index is 0.00357. The highest BCUT2D eigenvalue weighted by Gasteiger charge is 2.29. The van der Waals surface area contributed by atoms with Crippen LogP contribution in [-0.4, -0.2) is 18.0 Å². The van der Waals surface area contributed by atoms with Crippen molar-refractivity contribution in [3.05, 3.63) is 71.3 Å². The first kappa shape index (κ1) is 12.6. The number of Topliss-reactive ketones (excluding diaryl/α,β-unsaturated/α-hetero) is 1. The molecule has 0 spiro atoms. The molecule has 2 aromatic carbocycles. The van der Waals surface area contributed by atoms with Gasteiger partial charge in [0.1, 0.15) is 5.71 Å². The SMILES string of the molecule is Cc1ccc(C(=O)C2=NNC[C@@H]2c2ccccc2)cc1. The molecule has 0 aliphatic carbocycles. The van der Waals surface area contributed by atoms with E-state index >= 15 is 0 Å². The molecule has 1 aliphatic heterocycles. The standard InChI is InChI=1S/C17H16N2O/c1-12-7-9-14(10-8-12)17(20)16-15(11-18-19-16)13-5-3-2-4-6-13/h2-10,15,18H,11H2,1H3/t15-/m1/s1. The summed E-state index contributed by atoms with van der Waals surface area (Å²) in [6.45, 7) is 2.69. The molecule has 0 saturated carbocycles. The molecule has 1 atom stereocenters. The van der Waals surface area contributed by atoms with Gasteiger partial charge in [-0.3, -0.25) is 4.79 Å². The van der Waals surface area contributed by atoms with Gasteiger partial charge >= 0.3 is 0 Å². The monoisotopic (exact) mass is 264 g/mol. The largest absolute Gasteiger partial charge is 0.309 e. The van der Waals surface area contributed by atoms with Crippen molar-refractivity contribution < 1.29 is 4.79 Å². The van der Waals surface area contributed by atoms with Crippen molar-refractivity contribution in [2.45, 2.75) is 12.8 Å². The van der Waals surface area contributed by atoms with Gasteiger partial charge in [0.2, 0.25) is 5.78 Å². The maximum atomic E-state index is 12.6. The molecule has 20 heavy (non-hydrogen) atoms. The van der Waals surface area contributed by atoms with Crippen molar-refractivity contribution in [3.8, 4) is 0 Å². The third-order valence-corrected chi connectivity index (χ3v) is 3.57. The van der Waals surface area contributed by atoms with Crippen molar-refractivity contribution in [1.29, 1.82) is 0 Å². The summed E-state index contributed by atoms with van der Waals surface area (Å²) in [6, 6.07) is 17.7. The van der Waals surface area contributed by atoms with E-state index in [2.05, 4.69) is 10.5 Å². The van der Waals surface area contributed by atoms with Crippen molar-refractivity contribution in [2.75, 3.05) is 6.54 Å². The lowest BCUT2D eigenvalue weighted by molar-refractivity contribution is 0.106. The van der Waals surface area contributed by atoms with Crippen LogP contribution in [0.3, 0.4) is 0 Å². The van der Waals surface area contributed by atoms with Crippen LogP contribution < -0.4 is 5.43 Å². The first-order chi connectivity index (χ1) is 9.75. The minimum atomic E-state index is 0.00357. The average molecular weight is 264 g/mol. The summed E-state index contributed by atoms with van der Waals surface area (Å²) in [5.41, 5.74) is 6.51. The zero-order valence-corrected chi connectivity index (χ0v) is 11.3. The number of nitrogens with one attached hydrogen (secondary N) is 1. The maximum Gasteiger partial charge on any atom is 0.209 e. The lowest BCUT2D eigenvalue weighted by Gasteiger charge is -2.11. The highest BCUT2D eigenvalue weighted by Crippen LogP contribution is 2.22. The molecule has 2 aromatic rings. The Hall–Kier alpha value is -2.42. The molecule has 1 aliphatic rings. The summed E-state index contributed by atoms with van der Waals surface area (Å²) in [7, 11) is 0. The van der Waals surface area contributed by atoms with Gasteiger partial charge in [0, 0.05) is 12.1 Å². The van der Waals surface area contributed by atoms with Crippen LogP contribution in [0.1, 0.15) is 27.4 Å². The first-order valence-corrected chi connectivity index (χ1v) is 6.72. The van der Waals surface area contributed by atoms with E-state index in [1.807, 2.05) is 61.5 Å². The molecule has 3 nitrogen and oxygen atoms in total. The van der Waals surface area contributed by atoms with Gasteiger partial charge < -0.3 is 5.43 Å². The van der Waals surface area contributed by atoms with E-state index < -0.39 is 0 Å². The van der Waals surface area contributed by atoms with Crippen LogP contribution in [0, 0.1) is 6.92 Å². The third kappa shape index (κ3) is 2.35. The molecule has 0 fully saturated rings. The summed E-state index contributed by atoms with van der Waals surface area (Å²) in [6.07, 6.45) is 0. The summed E-state index contributed by atoms with van der Waals surface area (Å²) in [4.78, 5) is 12.6. The van der Waals surface area contributed by atoms with Crippen molar-refractivity contribution >= 4 is 11.5 Å². The number of nitrogens with zero attached hydrogens (tertiary/aromatic N) is 1. The molecular weight excluding hydrogens is 248 g/mol. The van der Waals surface area contributed by atoms with Gasteiger partial charge in [0.25, 0.3) is 0 Å². The summed E-state index contributed by atoms with van der Waals surface area (Å²) in [5, 5.41) is 4.21. The van der Waals surface area contributed by atoms with Gasteiger partial charge in [0.05, 0.1) is 5.92 Å². The highest BCUT2D eigenvalue weighted by molar-refractivity contribution is 6.48. The number of hydrogen-bond acceptors (Lipinski definition) is 3. The van der Waals surface area contributed by atoms with Crippen LogP contribution in [0.4, 0.5) is 0 Å². The second-order valence-corrected chi connectivity index (χ2v) is 5.02. The van der Waals surface area contributed by atoms with Gasteiger partial charge in [-0.1, -0.05) is 60.2 Å². The van der Waals surface area contributed by atoms with Crippen molar-refractivity contribution in [2.24, 2.45) is 5.10 Å². The van der Waals surface area contributed by atoms with Gasteiger partial charge in [0.15, 0.2) is 0 Å². The number of benzene rings is 2. The Bertz CT molecular complexity index is 644. The van der Waals surface area contributed by atoms with Gasteiger partial charge in [-0.2, -0.15) is 5.10 Å². The molecule has 3 rings (SSSR count). The predicted octanol–water partition coefficient (Wildman–Crippen LogP) is 2.92. The lowest BCUT2D eigenvalue weighted by Crippen LogP contribution is -2.21. The van der Waals surface area contributed by atoms with Crippen LogP contribution in [0.15, 0.2) is 59.7 Å². The number of hydrazone groups is 1. The second kappa shape index (κ2) is 5.29. The molecule has 0 amide bonds. The first-order valence-electron chi connectivity index (χ1n) is 6.72. The predicted molar refractivity (Wildman–Crippen MR) is 80.1 cm³/mol. The molecule has 0 saturated heterocycles. The maximum absolute atomic E-state index is 12.6. The fourth-order valence-electron chi connectivity index (χ4n) is 2.42. The third-order valence-electron chi connectivity index (χ3n) is 3.57. The summed E-state index contributed by atoms with van der Waals surface area (Å²) in [5.74, 6) is 0.0360. The molecule has 1 N–H and O–H groups in total. The van der Waals surface area contributed by atoms with Crippen LogP contribution >= 0.6 is 0 Å². The number of hydrogen-bond donors (Lipinski definition) is 1. The Kier molecular flexibility index (Phi) is 3.33. The van der Waals surface area contributed by atoms with E-state index in [0.29, 0.717) is 17.8 Å². The van der Waals surface area contributed by atoms with Crippen LogP contribution in [0.2, 0.25) is 0 Å². The van der Waals surface area contributed by atoms with E-state index in [1.165, 1.54) is 0 Å². The van der Waals surface area contributed by atoms with Crippen LogP contribution in [-0.2, 0) is 0 Å². The molecule has 0 unspecified atom stereocenters. The number of carbonyl (C=O) groups is 1. The van der Waals surface area contributed by atoms with Crippen molar-refractivity contribution in [3.63, 3.8) is 0 Å². The minimum Gasteiger partial charge on any atom is -0.309 e. The quantitative estimate of drug-likeness (QED) is 0.866. The topological polar surface area (TPSA) is 41.5 Å². The molecule has 0 aromatic heterocycles. The molecular formula is C17H16N2O. The van der Waals surface area contributed by atoms with E-state index in [9.17, 15) is 4.79 Å². The Labute approximate surface area is 118 Å². The van der Waals surface area contributed by atoms with Gasteiger partial charge in [-0.15, -0.1) is 0 Å².